The molecule has 0 fully saturated rings. The first-order valence-corrected chi connectivity index (χ1v) is 5.28. The number of para-hydroxylation sites is 1. The molecule has 1 aromatic rings. The highest BCUT2D eigenvalue weighted by molar-refractivity contribution is 5.67. The molecule has 1 amide bonds. The number of ether oxygens (including phenoxy) is 2. The average molecular weight is 221 g/mol. The lowest BCUT2D eigenvalue weighted by atomic mass is 10.2. The van der Waals surface area contributed by atoms with Gasteiger partial charge in [0.2, 0.25) is 0 Å². The average Bonchev–Trinajstić information content (AvgIpc) is 2.45. The van der Waals surface area contributed by atoms with Crippen LogP contribution in [0, 0.1) is 0 Å². The molecule has 4 heteroatoms. The molecule has 1 aliphatic rings. The van der Waals surface area contributed by atoms with Crippen LogP contribution in [0.25, 0.3) is 0 Å². The molecule has 16 heavy (non-hydrogen) atoms. The van der Waals surface area contributed by atoms with E-state index < -0.39 is 0 Å². The standard InChI is InChI=1S/C12H15NO3/c1-9-7-13(12(14)15-2)8-10-5-3-4-6-11(10)16-9/h3-6,9H,7-8H2,1-2H3. The molecule has 0 spiro atoms. The van der Waals surface area contributed by atoms with E-state index in [4.69, 9.17) is 9.47 Å². The maximum atomic E-state index is 11.5. The Bertz CT molecular complexity index is 392. The molecule has 2 rings (SSSR count). The van der Waals surface area contributed by atoms with Gasteiger partial charge in [-0.05, 0) is 13.0 Å². The number of nitrogens with zero attached hydrogens (tertiary/aromatic N) is 1. The number of hydrogen-bond donors (Lipinski definition) is 0. The van der Waals surface area contributed by atoms with Crippen molar-refractivity contribution in [2.75, 3.05) is 13.7 Å². The van der Waals surface area contributed by atoms with Gasteiger partial charge in [0.25, 0.3) is 0 Å². The minimum atomic E-state index is -0.313. The summed E-state index contributed by atoms with van der Waals surface area (Å²) in [6, 6.07) is 7.75. The zero-order valence-electron chi connectivity index (χ0n) is 9.47. The molecule has 0 aromatic heterocycles. The number of rotatable bonds is 0. The molecule has 0 saturated carbocycles. The summed E-state index contributed by atoms with van der Waals surface area (Å²) in [7, 11) is 1.39. The minimum absolute atomic E-state index is 0.0252. The van der Waals surface area contributed by atoms with Gasteiger partial charge in [-0.25, -0.2) is 4.79 Å². The maximum absolute atomic E-state index is 11.5. The third-order valence-electron chi connectivity index (χ3n) is 2.57. The van der Waals surface area contributed by atoms with E-state index in [1.54, 1.807) is 4.90 Å². The first-order chi connectivity index (χ1) is 7.70. The SMILES string of the molecule is COC(=O)N1Cc2ccccc2OC(C)C1. The molecule has 1 unspecified atom stereocenters. The lowest BCUT2D eigenvalue weighted by Crippen LogP contribution is -2.35. The molecule has 1 atom stereocenters. The Morgan fingerprint density at radius 2 is 2.25 bits per heavy atom. The first-order valence-electron chi connectivity index (χ1n) is 5.28. The van der Waals surface area contributed by atoms with E-state index in [1.807, 2.05) is 31.2 Å². The van der Waals surface area contributed by atoms with Crippen molar-refractivity contribution in [3.63, 3.8) is 0 Å². The fraction of sp³-hybridized carbons (Fsp3) is 0.417. The quantitative estimate of drug-likeness (QED) is 0.673. The minimum Gasteiger partial charge on any atom is -0.489 e. The van der Waals surface area contributed by atoms with Gasteiger partial charge in [0.05, 0.1) is 20.2 Å². The number of fused-ring (bicyclic) bond motifs is 1. The zero-order valence-corrected chi connectivity index (χ0v) is 9.47. The van der Waals surface area contributed by atoms with E-state index in [0.717, 1.165) is 11.3 Å². The van der Waals surface area contributed by atoms with Gasteiger partial charge in [0.1, 0.15) is 11.9 Å². The molecule has 4 nitrogen and oxygen atoms in total. The predicted octanol–water partition coefficient (Wildman–Crippen LogP) is 2.04. The Morgan fingerprint density at radius 1 is 1.50 bits per heavy atom. The molecule has 1 aromatic carbocycles. The summed E-state index contributed by atoms with van der Waals surface area (Å²) in [5.41, 5.74) is 1.01. The van der Waals surface area contributed by atoms with Crippen LogP contribution in [0.3, 0.4) is 0 Å². The van der Waals surface area contributed by atoms with Crippen LogP contribution in [0.1, 0.15) is 12.5 Å². The van der Waals surface area contributed by atoms with E-state index in [-0.39, 0.29) is 12.2 Å². The summed E-state index contributed by atoms with van der Waals surface area (Å²) < 4.78 is 10.5. The third-order valence-corrected chi connectivity index (χ3v) is 2.57. The van der Waals surface area contributed by atoms with Crippen LogP contribution in [-0.2, 0) is 11.3 Å². The van der Waals surface area contributed by atoms with Gasteiger partial charge in [0.15, 0.2) is 0 Å². The van der Waals surface area contributed by atoms with Gasteiger partial charge in [0, 0.05) is 5.56 Å². The maximum Gasteiger partial charge on any atom is 0.409 e. The van der Waals surface area contributed by atoms with Gasteiger partial charge in [-0.1, -0.05) is 18.2 Å². The second kappa shape index (κ2) is 4.43. The Balaban J connectivity index is 2.27. The van der Waals surface area contributed by atoms with E-state index in [2.05, 4.69) is 0 Å². The second-order valence-electron chi connectivity index (χ2n) is 3.89. The van der Waals surface area contributed by atoms with E-state index in [0.29, 0.717) is 13.1 Å². The van der Waals surface area contributed by atoms with Crippen molar-refractivity contribution in [2.45, 2.75) is 19.6 Å². The first kappa shape index (κ1) is 10.8. The molecule has 0 saturated heterocycles. The summed E-state index contributed by atoms with van der Waals surface area (Å²) in [6.07, 6.45) is -0.338. The highest BCUT2D eigenvalue weighted by Crippen LogP contribution is 2.24. The van der Waals surface area contributed by atoms with Crippen molar-refractivity contribution in [3.8, 4) is 5.75 Å². The van der Waals surface area contributed by atoms with Crippen LogP contribution in [-0.4, -0.2) is 30.8 Å². The Labute approximate surface area is 94.8 Å². The highest BCUT2D eigenvalue weighted by Gasteiger charge is 2.23. The van der Waals surface area contributed by atoms with Gasteiger partial charge in [-0.15, -0.1) is 0 Å². The van der Waals surface area contributed by atoms with Gasteiger partial charge in [-0.2, -0.15) is 0 Å². The molecule has 86 valence electrons. The molecular weight excluding hydrogens is 206 g/mol. The molecule has 1 aliphatic heterocycles. The van der Waals surface area contributed by atoms with Crippen LogP contribution >= 0.6 is 0 Å². The predicted molar refractivity (Wildman–Crippen MR) is 59.3 cm³/mol. The summed E-state index contributed by atoms with van der Waals surface area (Å²) in [6.45, 7) is 3.02. The number of benzene rings is 1. The molecular formula is C12H15NO3. The normalized spacial score (nSPS) is 19.4. The largest absolute Gasteiger partial charge is 0.489 e. The van der Waals surface area contributed by atoms with Crippen LogP contribution in [0.4, 0.5) is 4.79 Å². The van der Waals surface area contributed by atoms with Crippen molar-refractivity contribution in [1.82, 2.24) is 4.90 Å². The Hall–Kier alpha value is -1.71. The summed E-state index contributed by atoms with van der Waals surface area (Å²) >= 11 is 0. The monoisotopic (exact) mass is 221 g/mol. The Morgan fingerprint density at radius 3 is 3.00 bits per heavy atom. The van der Waals surface area contributed by atoms with Crippen molar-refractivity contribution < 1.29 is 14.3 Å². The summed E-state index contributed by atoms with van der Waals surface area (Å²) in [4.78, 5) is 13.2. The summed E-state index contributed by atoms with van der Waals surface area (Å²) in [5.74, 6) is 0.849. The molecule has 0 N–H and O–H groups in total. The van der Waals surface area contributed by atoms with Gasteiger partial charge >= 0.3 is 6.09 Å². The zero-order chi connectivity index (χ0) is 11.5. The van der Waals surface area contributed by atoms with E-state index >= 15 is 0 Å². The van der Waals surface area contributed by atoms with E-state index in [9.17, 15) is 4.79 Å². The van der Waals surface area contributed by atoms with Gasteiger partial charge < -0.3 is 14.4 Å². The lowest BCUT2D eigenvalue weighted by Gasteiger charge is -2.20. The number of hydrogen-bond acceptors (Lipinski definition) is 3. The second-order valence-corrected chi connectivity index (χ2v) is 3.89. The summed E-state index contributed by atoms with van der Waals surface area (Å²) in [5, 5.41) is 0. The Kier molecular flexibility index (Phi) is 2.99. The van der Waals surface area contributed by atoms with Crippen LogP contribution in [0.2, 0.25) is 0 Å². The van der Waals surface area contributed by atoms with E-state index in [1.165, 1.54) is 7.11 Å². The molecule has 1 heterocycles. The van der Waals surface area contributed by atoms with Crippen LogP contribution in [0.5, 0.6) is 5.75 Å². The van der Waals surface area contributed by atoms with Gasteiger partial charge in [-0.3, -0.25) is 0 Å². The van der Waals surface area contributed by atoms with Crippen molar-refractivity contribution in [3.05, 3.63) is 29.8 Å². The number of carbonyl (C=O) groups excluding carboxylic acids is 1. The van der Waals surface area contributed by atoms with Crippen molar-refractivity contribution in [1.29, 1.82) is 0 Å². The lowest BCUT2D eigenvalue weighted by molar-refractivity contribution is 0.104. The fourth-order valence-corrected chi connectivity index (χ4v) is 1.85. The smallest absolute Gasteiger partial charge is 0.409 e. The highest BCUT2D eigenvalue weighted by atomic mass is 16.5. The van der Waals surface area contributed by atoms with Crippen LogP contribution in [0.15, 0.2) is 24.3 Å². The molecule has 0 aliphatic carbocycles. The van der Waals surface area contributed by atoms with Crippen molar-refractivity contribution in [2.24, 2.45) is 0 Å². The van der Waals surface area contributed by atoms with Crippen LogP contribution < -0.4 is 4.74 Å². The topological polar surface area (TPSA) is 38.8 Å². The number of carbonyl (C=O) groups is 1. The third kappa shape index (κ3) is 2.10. The van der Waals surface area contributed by atoms with Crippen molar-refractivity contribution >= 4 is 6.09 Å². The molecule has 0 radical (unpaired) electrons. The fourth-order valence-electron chi connectivity index (χ4n) is 1.85. The number of methoxy groups -OCH3 is 1. The number of amides is 1. The molecule has 0 bridgehead atoms.